The van der Waals surface area contributed by atoms with Gasteiger partial charge in [-0.3, -0.25) is 4.79 Å². The van der Waals surface area contributed by atoms with Gasteiger partial charge in [-0.1, -0.05) is 24.3 Å². The smallest absolute Gasteiger partial charge is 0.391 e. The van der Waals surface area contributed by atoms with Gasteiger partial charge in [0, 0.05) is 37.8 Å². The zero-order valence-electron chi connectivity index (χ0n) is 22.4. The van der Waals surface area contributed by atoms with Gasteiger partial charge in [-0.2, -0.15) is 13.2 Å². The molecule has 1 unspecified atom stereocenters. The van der Waals surface area contributed by atoms with Crippen molar-refractivity contribution < 1.29 is 42.0 Å². The number of aliphatic hydroxyl groups excluding tert-OH is 1. The van der Waals surface area contributed by atoms with Gasteiger partial charge in [-0.15, -0.1) is 0 Å². The van der Waals surface area contributed by atoms with Crippen LogP contribution in [0.3, 0.4) is 0 Å². The quantitative estimate of drug-likeness (QED) is 0.314. The maximum Gasteiger partial charge on any atom is 0.416 e. The van der Waals surface area contributed by atoms with Crippen LogP contribution in [0.4, 0.5) is 17.6 Å². The Balaban J connectivity index is 1.72. The normalized spacial score (nSPS) is 25.1. The van der Waals surface area contributed by atoms with E-state index >= 15 is 4.39 Å². The summed E-state index contributed by atoms with van der Waals surface area (Å²) in [6.07, 6.45) is -4.71. The van der Waals surface area contributed by atoms with E-state index in [4.69, 9.17) is 15.2 Å². The first-order valence-corrected chi connectivity index (χ1v) is 13.5. The number of amides is 1. The van der Waals surface area contributed by atoms with Crippen LogP contribution in [-0.4, -0.2) is 72.7 Å². The summed E-state index contributed by atoms with van der Waals surface area (Å²) < 4.78 is 67.1. The molecule has 2 aromatic carbocycles. The number of morpholine rings is 1. The van der Waals surface area contributed by atoms with Crippen LogP contribution in [0, 0.1) is 11.7 Å². The van der Waals surface area contributed by atoms with E-state index < -0.39 is 47.3 Å². The molecule has 0 radical (unpaired) electrons. The second kappa shape index (κ2) is 12.5. The van der Waals surface area contributed by atoms with Gasteiger partial charge in [0.05, 0.1) is 24.8 Å². The van der Waals surface area contributed by atoms with Crippen molar-refractivity contribution >= 4 is 5.91 Å². The second-order valence-corrected chi connectivity index (χ2v) is 10.7. The summed E-state index contributed by atoms with van der Waals surface area (Å²) in [7, 11) is 1.55. The first kappa shape index (κ1) is 30.4. The molecule has 11 heteroatoms. The molecule has 1 heterocycles. The molecular formula is C29H36F4N2O5. The lowest BCUT2D eigenvalue weighted by molar-refractivity contribution is -0.167. The largest absolute Gasteiger partial charge is 0.416 e. The minimum absolute atomic E-state index is 0.0139. The number of methoxy groups -OCH3 is 1. The molecule has 0 bridgehead atoms. The Hall–Kier alpha value is -2.57. The van der Waals surface area contributed by atoms with Crippen molar-refractivity contribution in [3.8, 4) is 11.1 Å². The fourth-order valence-corrected chi connectivity index (χ4v) is 5.79. The number of aliphatic hydroxyl groups is 2. The highest BCUT2D eigenvalue weighted by molar-refractivity contribution is 5.79. The molecule has 7 nitrogen and oxygen atoms in total. The topological polar surface area (TPSA) is 105 Å². The molecule has 2 fully saturated rings. The molecule has 40 heavy (non-hydrogen) atoms. The van der Waals surface area contributed by atoms with Gasteiger partial charge in [-0.25, -0.2) is 4.39 Å². The fraction of sp³-hybridized carbons (Fsp3) is 0.552. The van der Waals surface area contributed by atoms with Crippen molar-refractivity contribution in [1.29, 1.82) is 0 Å². The minimum Gasteiger partial charge on any atom is -0.391 e. The van der Waals surface area contributed by atoms with Crippen LogP contribution in [0.15, 0.2) is 42.5 Å². The molecule has 5 atom stereocenters. The van der Waals surface area contributed by atoms with Crippen LogP contribution >= 0.6 is 0 Å². The van der Waals surface area contributed by atoms with E-state index in [2.05, 4.69) is 0 Å². The second-order valence-electron chi connectivity index (χ2n) is 10.7. The van der Waals surface area contributed by atoms with Crippen LogP contribution in [0.2, 0.25) is 0 Å². The number of nitrogens with zero attached hydrogens (tertiary/aromatic N) is 1. The summed E-state index contributed by atoms with van der Waals surface area (Å²) in [5.41, 5.74) is 3.03. The predicted octanol–water partition coefficient (Wildman–Crippen LogP) is 3.84. The number of carbonyl (C=O) groups excluding carboxylic acids is 1. The van der Waals surface area contributed by atoms with E-state index in [9.17, 15) is 28.2 Å². The van der Waals surface area contributed by atoms with E-state index in [1.165, 1.54) is 24.3 Å². The number of hydrogen-bond donors (Lipinski definition) is 3. The summed E-state index contributed by atoms with van der Waals surface area (Å²) in [6, 6.07) is 7.86. The van der Waals surface area contributed by atoms with E-state index in [-0.39, 0.29) is 55.1 Å². The van der Waals surface area contributed by atoms with Crippen molar-refractivity contribution in [2.24, 2.45) is 11.7 Å². The highest BCUT2D eigenvalue weighted by Crippen LogP contribution is 2.42. The Kier molecular flexibility index (Phi) is 9.51. The van der Waals surface area contributed by atoms with E-state index in [1.54, 1.807) is 12.0 Å². The number of ether oxygens (including phenoxy) is 2. The Labute approximate surface area is 230 Å². The number of unbranched alkanes of at least 4 members (excludes halogenated alkanes) is 1. The molecule has 2 aliphatic rings. The number of benzene rings is 2. The molecule has 1 aliphatic carbocycles. The lowest BCUT2D eigenvalue weighted by Crippen LogP contribution is -2.55. The molecule has 1 saturated carbocycles. The number of rotatable bonds is 9. The predicted molar refractivity (Wildman–Crippen MR) is 139 cm³/mol. The minimum atomic E-state index is -4.64. The van der Waals surface area contributed by atoms with Crippen LogP contribution in [0.1, 0.15) is 43.2 Å². The molecule has 4 N–H and O–H groups in total. The number of carbonyl (C=O) groups is 1. The summed E-state index contributed by atoms with van der Waals surface area (Å²) in [5, 5.41) is 22.3. The van der Waals surface area contributed by atoms with Gasteiger partial charge in [0.15, 0.2) is 0 Å². The van der Waals surface area contributed by atoms with E-state index in [0.29, 0.717) is 25.9 Å². The molecule has 0 spiro atoms. The number of hydrogen-bond acceptors (Lipinski definition) is 6. The average Bonchev–Trinajstić information content (AvgIpc) is 3.27. The van der Waals surface area contributed by atoms with E-state index in [0.717, 1.165) is 18.2 Å². The summed E-state index contributed by atoms with van der Waals surface area (Å²) in [6.45, 7) is 0.771. The summed E-state index contributed by atoms with van der Waals surface area (Å²) in [4.78, 5) is 14.9. The van der Waals surface area contributed by atoms with Gasteiger partial charge >= 0.3 is 6.18 Å². The van der Waals surface area contributed by atoms with Crippen LogP contribution in [0.5, 0.6) is 0 Å². The third-order valence-corrected chi connectivity index (χ3v) is 7.95. The Morgan fingerprint density at radius 1 is 1.18 bits per heavy atom. The highest BCUT2D eigenvalue weighted by atomic mass is 19.4. The molecule has 220 valence electrons. The number of alkyl halides is 3. The Bertz CT molecular complexity index is 1170. The summed E-state index contributed by atoms with van der Waals surface area (Å²) in [5.74, 6) is -1.46. The summed E-state index contributed by atoms with van der Waals surface area (Å²) >= 11 is 0. The van der Waals surface area contributed by atoms with E-state index in [1.807, 2.05) is 0 Å². The lowest BCUT2D eigenvalue weighted by atomic mass is 9.78. The van der Waals surface area contributed by atoms with Crippen molar-refractivity contribution in [3.63, 3.8) is 0 Å². The fourth-order valence-electron chi connectivity index (χ4n) is 5.79. The zero-order chi connectivity index (χ0) is 29.1. The molecule has 1 amide bonds. The van der Waals surface area contributed by atoms with Crippen LogP contribution in [-0.2, 0) is 26.0 Å². The number of nitrogens with two attached hydrogens (primary N) is 1. The Morgan fingerprint density at radius 3 is 2.60 bits per heavy atom. The molecule has 1 saturated heterocycles. The van der Waals surface area contributed by atoms with Crippen molar-refractivity contribution in [1.82, 2.24) is 4.90 Å². The first-order valence-electron chi connectivity index (χ1n) is 13.5. The molecule has 1 aliphatic heterocycles. The van der Waals surface area contributed by atoms with Gasteiger partial charge in [0.1, 0.15) is 17.5 Å². The zero-order valence-corrected chi connectivity index (χ0v) is 22.4. The molecule has 2 aromatic rings. The molecule has 0 aromatic heterocycles. The van der Waals surface area contributed by atoms with Crippen molar-refractivity contribution in [2.45, 2.75) is 62.1 Å². The van der Waals surface area contributed by atoms with Crippen LogP contribution < -0.4 is 5.73 Å². The Morgan fingerprint density at radius 2 is 1.93 bits per heavy atom. The maximum absolute atomic E-state index is 15.4. The van der Waals surface area contributed by atoms with Crippen molar-refractivity contribution in [2.75, 3.05) is 33.4 Å². The standard InChI is InChI=1S/C29H36F4N2O5/c1-39-12-3-2-10-28(38,25-17-35(11-13-40-25)27(37)19-15-23(34)24(36)16-19)21-8-5-9-22(30)26(21)18-6-4-7-20(14-18)29(31,32)33/h4-9,14,19,23-25,36,38H,2-3,10-13,15-17,34H2,1H3/t19-,23+,24-,25?,28+/m0/s1. The third kappa shape index (κ3) is 6.49. The lowest BCUT2D eigenvalue weighted by Gasteiger charge is -2.43. The first-order chi connectivity index (χ1) is 19.0. The van der Waals surface area contributed by atoms with Gasteiger partial charge in [-0.05, 0) is 61.4 Å². The van der Waals surface area contributed by atoms with Gasteiger partial charge in [0.2, 0.25) is 5.91 Å². The van der Waals surface area contributed by atoms with Gasteiger partial charge < -0.3 is 30.3 Å². The monoisotopic (exact) mass is 568 g/mol. The van der Waals surface area contributed by atoms with Gasteiger partial charge in [0.25, 0.3) is 0 Å². The SMILES string of the molecule is COCCCC[C@@](O)(c1cccc(F)c1-c1cccc(C(F)(F)F)c1)C1CN(C(=O)[C@H]2C[C@@H](N)[C@@H](O)C2)CCO1. The average molecular weight is 569 g/mol. The van der Waals surface area contributed by atoms with Crippen molar-refractivity contribution in [3.05, 3.63) is 59.4 Å². The highest BCUT2D eigenvalue weighted by Gasteiger charge is 2.46. The maximum atomic E-state index is 15.4. The molecule has 4 rings (SSSR count). The van der Waals surface area contributed by atoms with Crippen LogP contribution in [0.25, 0.3) is 11.1 Å². The number of halogens is 4. The molecular weight excluding hydrogens is 532 g/mol. The third-order valence-electron chi connectivity index (χ3n) is 7.95.